The number of nitrogens with one attached hydrogen (secondary N) is 1. The Morgan fingerprint density at radius 2 is 1.77 bits per heavy atom. The highest BCUT2D eigenvalue weighted by atomic mass is 16.5. The van der Waals surface area contributed by atoms with Gasteiger partial charge in [0.15, 0.2) is 0 Å². The number of carbonyl (C=O) groups is 1. The number of benzene rings is 2. The highest BCUT2D eigenvalue weighted by Crippen LogP contribution is 2.24. The van der Waals surface area contributed by atoms with Gasteiger partial charge in [-0.1, -0.05) is 42.5 Å². The fraction of sp³-hybridized carbons (Fsp3) is 0.409. The lowest BCUT2D eigenvalue weighted by Crippen LogP contribution is -2.41. The van der Waals surface area contributed by atoms with Crippen LogP contribution < -0.4 is 10.1 Å². The van der Waals surface area contributed by atoms with Crippen molar-refractivity contribution in [3.63, 3.8) is 0 Å². The number of hydrogen-bond acceptors (Lipinski definition) is 3. The molecule has 1 fully saturated rings. The van der Waals surface area contributed by atoms with E-state index < -0.39 is 0 Å². The van der Waals surface area contributed by atoms with E-state index in [-0.39, 0.29) is 5.91 Å². The number of likely N-dealkylation sites (tertiary alicyclic amines) is 1. The quantitative estimate of drug-likeness (QED) is 0.819. The summed E-state index contributed by atoms with van der Waals surface area (Å²) >= 11 is 0. The van der Waals surface area contributed by atoms with Gasteiger partial charge < -0.3 is 15.0 Å². The van der Waals surface area contributed by atoms with Crippen molar-refractivity contribution in [2.24, 2.45) is 5.92 Å². The Kier molecular flexibility index (Phi) is 6.53. The van der Waals surface area contributed by atoms with Gasteiger partial charge in [-0.3, -0.25) is 4.79 Å². The lowest BCUT2D eigenvalue weighted by molar-refractivity contribution is -0.130. The summed E-state index contributed by atoms with van der Waals surface area (Å²) in [5.41, 5.74) is 2.27. The first kappa shape index (κ1) is 18.3. The zero-order chi connectivity index (χ0) is 18.2. The first-order valence-corrected chi connectivity index (χ1v) is 9.53. The maximum absolute atomic E-state index is 12.5. The predicted octanol–water partition coefficient (Wildman–Crippen LogP) is 3.98. The third-order valence-electron chi connectivity index (χ3n) is 4.95. The molecule has 2 aromatic rings. The van der Waals surface area contributed by atoms with Gasteiger partial charge in [0.25, 0.3) is 0 Å². The molecule has 0 aliphatic carbocycles. The van der Waals surface area contributed by atoms with Gasteiger partial charge in [-0.2, -0.15) is 0 Å². The van der Waals surface area contributed by atoms with Crippen molar-refractivity contribution < 1.29 is 9.53 Å². The largest absolute Gasteiger partial charge is 0.492 e. The van der Waals surface area contributed by atoms with Crippen LogP contribution in [0, 0.1) is 5.92 Å². The van der Waals surface area contributed by atoms with Gasteiger partial charge in [0.05, 0.1) is 18.8 Å². The predicted molar refractivity (Wildman–Crippen MR) is 106 cm³/mol. The molecule has 1 heterocycles. The van der Waals surface area contributed by atoms with Crippen molar-refractivity contribution in [2.45, 2.75) is 26.2 Å². The molecule has 0 spiro atoms. The van der Waals surface area contributed by atoms with Gasteiger partial charge in [0.1, 0.15) is 5.75 Å². The van der Waals surface area contributed by atoms with Crippen LogP contribution >= 0.6 is 0 Å². The molecule has 0 saturated carbocycles. The summed E-state index contributed by atoms with van der Waals surface area (Å²) in [6.07, 6.45) is 3.27. The Balaban J connectivity index is 1.45. The van der Waals surface area contributed by atoms with Crippen LogP contribution in [0.3, 0.4) is 0 Å². The minimum absolute atomic E-state index is 0.162. The number of anilines is 1. The van der Waals surface area contributed by atoms with Gasteiger partial charge in [0, 0.05) is 13.1 Å². The Hall–Kier alpha value is -2.49. The van der Waals surface area contributed by atoms with Crippen LogP contribution in [0.4, 0.5) is 5.69 Å². The van der Waals surface area contributed by atoms with Crippen molar-refractivity contribution in [1.82, 2.24) is 4.90 Å². The molecule has 0 radical (unpaired) electrons. The van der Waals surface area contributed by atoms with Crippen LogP contribution in [0.5, 0.6) is 5.75 Å². The first-order valence-electron chi connectivity index (χ1n) is 9.53. The van der Waals surface area contributed by atoms with Crippen LogP contribution in [0.15, 0.2) is 54.6 Å². The summed E-state index contributed by atoms with van der Waals surface area (Å²) in [5, 5.41) is 3.23. The second-order valence-electron chi connectivity index (χ2n) is 6.80. The van der Waals surface area contributed by atoms with E-state index in [1.54, 1.807) is 0 Å². The average Bonchev–Trinajstić information content (AvgIpc) is 2.69. The van der Waals surface area contributed by atoms with Crippen LogP contribution in [0.1, 0.15) is 25.3 Å². The molecular formula is C22H28N2O2. The second-order valence-corrected chi connectivity index (χ2v) is 6.80. The van der Waals surface area contributed by atoms with E-state index in [1.165, 1.54) is 5.56 Å². The Labute approximate surface area is 156 Å². The van der Waals surface area contributed by atoms with E-state index in [0.717, 1.165) is 43.8 Å². The van der Waals surface area contributed by atoms with Crippen LogP contribution in [-0.4, -0.2) is 37.0 Å². The van der Waals surface area contributed by atoms with E-state index in [4.69, 9.17) is 4.74 Å². The highest BCUT2D eigenvalue weighted by Gasteiger charge is 2.22. The molecule has 0 unspecified atom stereocenters. The topological polar surface area (TPSA) is 41.6 Å². The third kappa shape index (κ3) is 5.01. The Morgan fingerprint density at radius 3 is 2.50 bits per heavy atom. The number of ether oxygens (including phenoxy) is 1. The molecule has 4 nitrogen and oxygen atoms in total. The molecule has 1 aliphatic heterocycles. The van der Waals surface area contributed by atoms with Crippen molar-refractivity contribution >= 4 is 11.6 Å². The number of hydrogen-bond donors (Lipinski definition) is 1. The second kappa shape index (κ2) is 9.27. The minimum Gasteiger partial charge on any atom is -0.492 e. The average molecular weight is 352 g/mol. The monoisotopic (exact) mass is 352 g/mol. The summed E-state index contributed by atoms with van der Waals surface area (Å²) in [6, 6.07) is 18.4. The van der Waals surface area contributed by atoms with E-state index in [2.05, 4.69) is 35.6 Å². The number of carbonyl (C=O) groups excluding carboxylic acids is 1. The van der Waals surface area contributed by atoms with Gasteiger partial charge in [-0.15, -0.1) is 0 Å². The molecule has 138 valence electrons. The summed E-state index contributed by atoms with van der Waals surface area (Å²) in [5.74, 6) is 1.63. The molecule has 0 atom stereocenters. The van der Waals surface area contributed by atoms with Crippen LogP contribution in [-0.2, 0) is 11.2 Å². The zero-order valence-corrected chi connectivity index (χ0v) is 15.5. The lowest BCUT2D eigenvalue weighted by Gasteiger charge is -2.32. The van der Waals surface area contributed by atoms with E-state index in [9.17, 15) is 4.79 Å². The molecular weight excluding hydrogens is 324 g/mol. The van der Waals surface area contributed by atoms with E-state index in [1.807, 2.05) is 36.1 Å². The summed E-state index contributed by atoms with van der Waals surface area (Å²) < 4.78 is 5.60. The minimum atomic E-state index is 0.162. The maximum Gasteiger partial charge on any atom is 0.241 e. The standard InChI is InChI=1S/C22H28N2O2/c1-2-26-21-11-7-6-10-20(21)23-17-22(25)24-14-12-19(13-15-24)16-18-8-4-3-5-9-18/h3-11,19,23H,2,12-17H2,1H3. The zero-order valence-electron chi connectivity index (χ0n) is 15.5. The van der Waals surface area contributed by atoms with Crippen molar-refractivity contribution in [3.05, 3.63) is 60.2 Å². The number of para-hydroxylation sites is 2. The van der Waals surface area contributed by atoms with Gasteiger partial charge in [0.2, 0.25) is 5.91 Å². The van der Waals surface area contributed by atoms with Gasteiger partial charge >= 0.3 is 0 Å². The number of piperidine rings is 1. The normalized spacial score (nSPS) is 14.9. The van der Waals surface area contributed by atoms with Gasteiger partial charge in [-0.05, 0) is 49.8 Å². The van der Waals surface area contributed by atoms with Crippen molar-refractivity contribution in [1.29, 1.82) is 0 Å². The molecule has 0 aromatic heterocycles. The summed E-state index contributed by atoms with van der Waals surface area (Å²) in [6.45, 7) is 4.59. The fourth-order valence-electron chi connectivity index (χ4n) is 3.51. The molecule has 0 bridgehead atoms. The SMILES string of the molecule is CCOc1ccccc1NCC(=O)N1CCC(Cc2ccccc2)CC1. The molecule has 1 amide bonds. The summed E-state index contributed by atoms with van der Waals surface area (Å²) in [7, 11) is 0. The van der Waals surface area contributed by atoms with Crippen LogP contribution in [0.25, 0.3) is 0 Å². The molecule has 1 N–H and O–H groups in total. The van der Waals surface area contributed by atoms with Crippen molar-refractivity contribution in [3.8, 4) is 5.75 Å². The smallest absolute Gasteiger partial charge is 0.241 e. The van der Waals surface area contributed by atoms with Crippen LogP contribution in [0.2, 0.25) is 0 Å². The third-order valence-corrected chi connectivity index (χ3v) is 4.95. The Morgan fingerprint density at radius 1 is 1.08 bits per heavy atom. The number of amides is 1. The molecule has 2 aromatic carbocycles. The lowest BCUT2D eigenvalue weighted by atomic mass is 9.90. The van der Waals surface area contributed by atoms with Gasteiger partial charge in [-0.25, -0.2) is 0 Å². The molecule has 26 heavy (non-hydrogen) atoms. The molecule has 1 saturated heterocycles. The number of rotatable bonds is 7. The number of nitrogens with zero attached hydrogens (tertiary/aromatic N) is 1. The molecule has 3 rings (SSSR count). The molecule has 4 heteroatoms. The summed E-state index contributed by atoms with van der Waals surface area (Å²) in [4.78, 5) is 14.5. The first-order chi connectivity index (χ1) is 12.8. The van der Waals surface area contributed by atoms with Crippen molar-refractivity contribution in [2.75, 3.05) is 31.6 Å². The fourth-order valence-corrected chi connectivity index (χ4v) is 3.51. The highest BCUT2D eigenvalue weighted by molar-refractivity contribution is 5.81. The van der Waals surface area contributed by atoms with E-state index >= 15 is 0 Å². The van der Waals surface area contributed by atoms with E-state index in [0.29, 0.717) is 19.1 Å². The Bertz CT molecular complexity index is 694. The molecule has 1 aliphatic rings. The maximum atomic E-state index is 12.5.